The fraction of sp³-hybridized carbons (Fsp3) is 0.350. The van der Waals surface area contributed by atoms with Gasteiger partial charge in [0.25, 0.3) is 5.91 Å². The second-order valence-electron chi connectivity index (χ2n) is 6.55. The molecule has 1 aliphatic heterocycles. The molecule has 4 nitrogen and oxygen atoms in total. The van der Waals surface area contributed by atoms with Crippen molar-refractivity contribution in [2.45, 2.75) is 32.0 Å². The molecule has 7 heteroatoms. The summed E-state index contributed by atoms with van der Waals surface area (Å²) in [7, 11) is 0. The van der Waals surface area contributed by atoms with Gasteiger partial charge in [-0.25, -0.2) is 0 Å². The highest BCUT2D eigenvalue weighted by atomic mass is 35.5. The van der Waals surface area contributed by atoms with Crippen LogP contribution in [0.2, 0.25) is 5.02 Å². The number of carbonyl (C=O) groups excluding carboxylic acids is 1. The zero-order valence-corrected chi connectivity index (χ0v) is 15.5. The lowest BCUT2D eigenvalue weighted by molar-refractivity contribution is -0.0498. The molecular formula is C20H21ClF2N2O2. The van der Waals surface area contributed by atoms with Crippen LogP contribution in [0.5, 0.6) is 5.75 Å². The molecule has 3 rings (SSSR count). The first-order valence-electron chi connectivity index (χ1n) is 8.82. The summed E-state index contributed by atoms with van der Waals surface area (Å²) in [6.45, 7) is -0.213. The van der Waals surface area contributed by atoms with E-state index in [0.717, 1.165) is 37.5 Å². The summed E-state index contributed by atoms with van der Waals surface area (Å²) < 4.78 is 28.6. The Balaban J connectivity index is 1.45. The Labute approximate surface area is 162 Å². The average Bonchev–Trinajstić information content (AvgIpc) is 2.65. The number of rotatable bonds is 6. The fourth-order valence-corrected chi connectivity index (χ4v) is 3.27. The Morgan fingerprint density at radius 1 is 1.11 bits per heavy atom. The van der Waals surface area contributed by atoms with Crippen molar-refractivity contribution in [3.8, 4) is 5.75 Å². The first kappa shape index (κ1) is 19.6. The van der Waals surface area contributed by atoms with E-state index >= 15 is 0 Å². The van der Waals surface area contributed by atoms with Gasteiger partial charge in [-0.05, 0) is 54.8 Å². The molecule has 1 fully saturated rings. The van der Waals surface area contributed by atoms with Crippen LogP contribution in [0.25, 0.3) is 0 Å². The van der Waals surface area contributed by atoms with Crippen LogP contribution >= 0.6 is 11.6 Å². The van der Waals surface area contributed by atoms with Crippen molar-refractivity contribution in [2.75, 3.05) is 13.1 Å². The summed E-state index contributed by atoms with van der Waals surface area (Å²) in [6, 6.07) is 13.7. The highest BCUT2D eigenvalue weighted by Crippen LogP contribution is 2.18. The van der Waals surface area contributed by atoms with E-state index in [1.54, 1.807) is 0 Å². The third-order valence-corrected chi connectivity index (χ3v) is 4.84. The second-order valence-corrected chi connectivity index (χ2v) is 6.99. The summed E-state index contributed by atoms with van der Waals surface area (Å²) in [6.07, 6.45) is 1.73. The molecule has 0 saturated carbocycles. The van der Waals surface area contributed by atoms with E-state index in [-0.39, 0.29) is 17.7 Å². The third kappa shape index (κ3) is 5.91. The number of likely N-dealkylation sites (tertiary alicyclic amines) is 1. The lowest BCUT2D eigenvalue weighted by Crippen LogP contribution is -2.44. The topological polar surface area (TPSA) is 41.6 Å². The number of hydrogen-bond donors (Lipinski definition) is 1. The number of carbonyl (C=O) groups is 1. The fourth-order valence-electron chi connectivity index (χ4n) is 3.14. The molecule has 1 aliphatic rings. The SMILES string of the molecule is O=C(NC1CCN(Cc2ccc(Cl)cc2)CC1)c1ccc(OC(F)F)cc1. The Morgan fingerprint density at radius 2 is 1.74 bits per heavy atom. The highest BCUT2D eigenvalue weighted by Gasteiger charge is 2.21. The van der Waals surface area contributed by atoms with Crippen molar-refractivity contribution in [3.63, 3.8) is 0 Å². The molecule has 144 valence electrons. The standard InChI is InChI=1S/C20H21ClF2N2O2/c21-16-5-1-14(2-6-16)13-25-11-9-17(10-12-25)24-19(26)15-3-7-18(8-4-15)27-20(22)23/h1-8,17,20H,9-13H2,(H,24,26). The third-order valence-electron chi connectivity index (χ3n) is 4.58. The molecule has 2 aromatic rings. The van der Waals surface area contributed by atoms with E-state index in [9.17, 15) is 13.6 Å². The summed E-state index contributed by atoms with van der Waals surface area (Å²) in [4.78, 5) is 14.7. The molecule has 0 unspecified atom stereocenters. The molecular weight excluding hydrogens is 374 g/mol. The van der Waals surface area contributed by atoms with Gasteiger partial charge in [0.2, 0.25) is 0 Å². The maximum atomic E-state index is 12.3. The zero-order valence-electron chi connectivity index (χ0n) is 14.7. The van der Waals surface area contributed by atoms with Crippen molar-refractivity contribution in [2.24, 2.45) is 0 Å². The summed E-state index contributed by atoms with van der Waals surface area (Å²) in [5.41, 5.74) is 1.65. The maximum Gasteiger partial charge on any atom is 0.387 e. The van der Waals surface area contributed by atoms with Crippen molar-refractivity contribution < 1.29 is 18.3 Å². The van der Waals surface area contributed by atoms with Crippen LogP contribution in [-0.4, -0.2) is 36.5 Å². The molecule has 1 heterocycles. The van der Waals surface area contributed by atoms with Crippen LogP contribution in [0.1, 0.15) is 28.8 Å². The average molecular weight is 395 g/mol. The maximum absolute atomic E-state index is 12.3. The van der Waals surface area contributed by atoms with E-state index in [4.69, 9.17) is 11.6 Å². The number of halogens is 3. The Bertz CT molecular complexity index is 746. The molecule has 27 heavy (non-hydrogen) atoms. The smallest absolute Gasteiger partial charge is 0.387 e. The van der Waals surface area contributed by atoms with Gasteiger partial charge in [0.15, 0.2) is 0 Å². The number of alkyl halides is 2. The van der Waals surface area contributed by atoms with Gasteiger partial charge in [0, 0.05) is 36.3 Å². The molecule has 1 amide bonds. The number of nitrogens with one attached hydrogen (secondary N) is 1. The van der Waals surface area contributed by atoms with Gasteiger partial charge >= 0.3 is 6.61 Å². The number of benzene rings is 2. The largest absolute Gasteiger partial charge is 0.435 e. The molecule has 1 saturated heterocycles. The minimum absolute atomic E-state index is 0.0389. The Hall–Kier alpha value is -2.18. The van der Waals surface area contributed by atoms with Crippen molar-refractivity contribution in [1.29, 1.82) is 0 Å². The van der Waals surface area contributed by atoms with Crippen molar-refractivity contribution in [3.05, 3.63) is 64.7 Å². The van der Waals surface area contributed by atoms with E-state index in [1.165, 1.54) is 29.8 Å². The van der Waals surface area contributed by atoms with Crippen LogP contribution in [0.3, 0.4) is 0 Å². The molecule has 0 aliphatic carbocycles. The predicted molar refractivity (Wildman–Crippen MR) is 100 cm³/mol. The molecule has 0 bridgehead atoms. The lowest BCUT2D eigenvalue weighted by atomic mass is 10.0. The van der Waals surface area contributed by atoms with Crippen molar-refractivity contribution in [1.82, 2.24) is 10.2 Å². The van der Waals surface area contributed by atoms with E-state index in [2.05, 4.69) is 15.0 Å². The number of ether oxygens (including phenoxy) is 1. The van der Waals surface area contributed by atoms with Gasteiger partial charge in [-0.15, -0.1) is 0 Å². The summed E-state index contributed by atoms with van der Waals surface area (Å²) in [5, 5.41) is 3.75. The Kier molecular flexibility index (Phi) is 6.63. The van der Waals surface area contributed by atoms with E-state index in [0.29, 0.717) is 5.56 Å². The normalized spacial score (nSPS) is 15.7. The minimum Gasteiger partial charge on any atom is -0.435 e. The first-order chi connectivity index (χ1) is 13.0. The molecule has 0 atom stereocenters. The zero-order chi connectivity index (χ0) is 19.2. The van der Waals surface area contributed by atoms with Gasteiger partial charge in [-0.3, -0.25) is 9.69 Å². The van der Waals surface area contributed by atoms with Gasteiger partial charge in [-0.1, -0.05) is 23.7 Å². The van der Waals surface area contributed by atoms with Gasteiger partial charge < -0.3 is 10.1 Å². The van der Waals surface area contributed by atoms with E-state index in [1.807, 2.05) is 24.3 Å². The number of amides is 1. The number of nitrogens with zero attached hydrogens (tertiary/aromatic N) is 1. The van der Waals surface area contributed by atoms with Crippen LogP contribution in [0, 0.1) is 0 Å². The molecule has 0 aromatic heterocycles. The minimum atomic E-state index is -2.87. The molecule has 0 spiro atoms. The van der Waals surface area contributed by atoms with E-state index < -0.39 is 6.61 Å². The summed E-state index contributed by atoms with van der Waals surface area (Å²) >= 11 is 5.91. The van der Waals surface area contributed by atoms with Crippen LogP contribution in [-0.2, 0) is 6.54 Å². The van der Waals surface area contributed by atoms with Gasteiger partial charge in [0.05, 0.1) is 0 Å². The quantitative estimate of drug-likeness (QED) is 0.792. The van der Waals surface area contributed by atoms with Crippen molar-refractivity contribution >= 4 is 17.5 Å². The highest BCUT2D eigenvalue weighted by molar-refractivity contribution is 6.30. The molecule has 0 radical (unpaired) electrons. The predicted octanol–water partition coefficient (Wildman–Crippen LogP) is 4.34. The van der Waals surface area contributed by atoms with Crippen LogP contribution in [0.4, 0.5) is 8.78 Å². The number of piperidine rings is 1. The lowest BCUT2D eigenvalue weighted by Gasteiger charge is -2.32. The summed E-state index contributed by atoms with van der Waals surface area (Å²) in [5.74, 6) is -0.160. The first-order valence-corrected chi connectivity index (χ1v) is 9.20. The van der Waals surface area contributed by atoms with Crippen LogP contribution in [0.15, 0.2) is 48.5 Å². The molecule has 2 aromatic carbocycles. The van der Waals surface area contributed by atoms with Gasteiger partial charge in [0.1, 0.15) is 5.75 Å². The molecule has 1 N–H and O–H groups in total. The second kappa shape index (κ2) is 9.15. The number of hydrogen-bond acceptors (Lipinski definition) is 3. The monoisotopic (exact) mass is 394 g/mol. The van der Waals surface area contributed by atoms with Crippen LogP contribution < -0.4 is 10.1 Å². The van der Waals surface area contributed by atoms with Gasteiger partial charge in [-0.2, -0.15) is 8.78 Å². The Morgan fingerprint density at radius 3 is 2.33 bits per heavy atom.